The molecule has 0 fully saturated rings. The summed E-state index contributed by atoms with van der Waals surface area (Å²) in [6.45, 7) is 0.348. The molecule has 5 nitrogen and oxygen atoms in total. The van der Waals surface area contributed by atoms with Crippen LogP contribution in [0.1, 0.15) is 21.6 Å². The Balaban J connectivity index is 1.97. The fraction of sp³-hybridized carbons (Fsp3) is 0.0714. The lowest BCUT2D eigenvalue weighted by atomic mass is 10.2. The molecular weight excluding hydrogens is 242 g/mol. The molecule has 0 radical (unpaired) electrons. The third kappa shape index (κ3) is 3.30. The van der Waals surface area contributed by atoms with Gasteiger partial charge in [0.2, 0.25) is 0 Å². The standard InChI is InChI=1S/C14H11N3O2/c15-7-11-3-6-13(16-9-11)14(19)17-8-10-1-4-12(18)5-2-10/h1-6,9,18H,8H2,(H,17,19). The molecule has 2 aromatic rings. The number of nitrogens with zero attached hydrogens (tertiary/aromatic N) is 2. The summed E-state index contributed by atoms with van der Waals surface area (Å²) < 4.78 is 0. The largest absolute Gasteiger partial charge is 0.508 e. The van der Waals surface area contributed by atoms with Gasteiger partial charge in [-0.25, -0.2) is 4.98 Å². The van der Waals surface area contributed by atoms with E-state index in [4.69, 9.17) is 10.4 Å². The number of benzene rings is 1. The molecule has 0 aliphatic carbocycles. The maximum absolute atomic E-state index is 11.8. The first-order chi connectivity index (χ1) is 9.19. The number of aromatic hydroxyl groups is 1. The molecule has 0 atom stereocenters. The normalized spacial score (nSPS) is 9.63. The van der Waals surface area contributed by atoms with Crippen molar-refractivity contribution in [1.82, 2.24) is 10.3 Å². The lowest BCUT2D eigenvalue weighted by molar-refractivity contribution is 0.0946. The summed E-state index contributed by atoms with van der Waals surface area (Å²) in [7, 11) is 0. The van der Waals surface area contributed by atoms with Crippen molar-refractivity contribution in [3.05, 3.63) is 59.4 Å². The van der Waals surface area contributed by atoms with Gasteiger partial charge in [-0.05, 0) is 29.8 Å². The molecule has 1 amide bonds. The first-order valence-electron chi connectivity index (χ1n) is 5.61. The predicted molar refractivity (Wildman–Crippen MR) is 68.2 cm³/mol. The zero-order valence-electron chi connectivity index (χ0n) is 10.00. The van der Waals surface area contributed by atoms with E-state index < -0.39 is 0 Å². The number of aromatic nitrogens is 1. The number of nitrogens with one attached hydrogen (secondary N) is 1. The second kappa shape index (κ2) is 5.65. The van der Waals surface area contributed by atoms with E-state index in [0.29, 0.717) is 12.1 Å². The van der Waals surface area contributed by atoms with E-state index in [2.05, 4.69) is 10.3 Å². The van der Waals surface area contributed by atoms with Gasteiger partial charge in [-0.1, -0.05) is 12.1 Å². The molecule has 19 heavy (non-hydrogen) atoms. The Labute approximate surface area is 110 Å². The number of carbonyl (C=O) groups excluding carboxylic acids is 1. The molecule has 2 rings (SSSR count). The predicted octanol–water partition coefficient (Wildman–Crippen LogP) is 1.59. The average Bonchev–Trinajstić information content (AvgIpc) is 2.46. The molecule has 0 aliphatic rings. The number of phenolic OH excluding ortho intramolecular Hbond substituents is 1. The first kappa shape index (κ1) is 12.6. The molecule has 2 N–H and O–H groups in total. The van der Waals surface area contributed by atoms with Gasteiger partial charge in [0.1, 0.15) is 17.5 Å². The number of rotatable bonds is 3. The molecule has 0 spiro atoms. The minimum Gasteiger partial charge on any atom is -0.508 e. The minimum absolute atomic E-state index is 0.184. The highest BCUT2D eigenvalue weighted by Gasteiger charge is 2.06. The van der Waals surface area contributed by atoms with E-state index in [1.807, 2.05) is 6.07 Å². The van der Waals surface area contributed by atoms with Crippen molar-refractivity contribution in [2.75, 3.05) is 0 Å². The summed E-state index contributed by atoms with van der Waals surface area (Å²) >= 11 is 0. The summed E-state index contributed by atoms with van der Waals surface area (Å²) in [5.41, 5.74) is 1.55. The van der Waals surface area contributed by atoms with Crippen LogP contribution in [0.25, 0.3) is 0 Å². The van der Waals surface area contributed by atoms with Crippen LogP contribution in [0.5, 0.6) is 5.75 Å². The van der Waals surface area contributed by atoms with Crippen molar-refractivity contribution in [1.29, 1.82) is 5.26 Å². The van der Waals surface area contributed by atoms with Gasteiger partial charge in [0.25, 0.3) is 5.91 Å². The molecule has 1 aromatic carbocycles. The molecular formula is C14H11N3O2. The van der Waals surface area contributed by atoms with Crippen LogP contribution in [0.3, 0.4) is 0 Å². The van der Waals surface area contributed by atoms with Gasteiger partial charge in [-0.15, -0.1) is 0 Å². The Kier molecular flexibility index (Phi) is 3.74. The van der Waals surface area contributed by atoms with Crippen molar-refractivity contribution in [2.45, 2.75) is 6.54 Å². The highest BCUT2D eigenvalue weighted by Crippen LogP contribution is 2.09. The minimum atomic E-state index is -0.308. The summed E-state index contributed by atoms with van der Waals surface area (Å²) in [6, 6.07) is 11.5. The number of amides is 1. The molecule has 94 valence electrons. The fourth-order valence-corrected chi connectivity index (χ4v) is 1.48. The molecule has 0 saturated heterocycles. The van der Waals surface area contributed by atoms with Gasteiger partial charge in [0.05, 0.1) is 5.56 Å². The topological polar surface area (TPSA) is 86.0 Å². The van der Waals surface area contributed by atoms with Gasteiger partial charge in [-0.3, -0.25) is 4.79 Å². The van der Waals surface area contributed by atoms with Gasteiger partial charge in [-0.2, -0.15) is 5.26 Å². The number of hydrogen-bond acceptors (Lipinski definition) is 4. The summed E-state index contributed by atoms with van der Waals surface area (Å²) in [5.74, 6) is -0.124. The number of pyridine rings is 1. The van der Waals surface area contributed by atoms with E-state index in [-0.39, 0.29) is 17.4 Å². The number of carbonyl (C=O) groups is 1. The van der Waals surface area contributed by atoms with E-state index in [0.717, 1.165) is 5.56 Å². The first-order valence-corrected chi connectivity index (χ1v) is 5.61. The van der Waals surface area contributed by atoms with Gasteiger partial charge in [0, 0.05) is 12.7 Å². The van der Waals surface area contributed by atoms with Crippen LogP contribution in [-0.2, 0) is 6.54 Å². The van der Waals surface area contributed by atoms with Crippen molar-refractivity contribution in [3.63, 3.8) is 0 Å². The molecule has 0 bridgehead atoms. The third-order valence-corrected chi connectivity index (χ3v) is 2.51. The van der Waals surface area contributed by atoms with Gasteiger partial charge in [0.15, 0.2) is 0 Å². The van der Waals surface area contributed by atoms with E-state index >= 15 is 0 Å². The molecule has 0 saturated carbocycles. The second-order valence-corrected chi connectivity index (χ2v) is 3.89. The molecule has 0 unspecified atom stereocenters. The van der Waals surface area contributed by atoms with Crippen LogP contribution in [0.2, 0.25) is 0 Å². The quantitative estimate of drug-likeness (QED) is 0.869. The van der Waals surface area contributed by atoms with E-state index in [9.17, 15) is 4.79 Å². The highest BCUT2D eigenvalue weighted by molar-refractivity contribution is 5.92. The average molecular weight is 253 g/mol. The summed E-state index contributed by atoms with van der Waals surface area (Å²) in [5, 5.41) is 20.5. The monoisotopic (exact) mass is 253 g/mol. The highest BCUT2D eigenvalue weighted by atomic mass is 16.3. The molecule has 1 heterocycles. The fourth-order valence-electron chi connectivity index (χ4n) is 1.48. The second-order valence-electron chi connectivity index (χ2n) is 3.89. The van der Waals surface area contributed by atoms with Gasteiger partial charge >= 0.3 is 0 Å². The van der Waals surface area contributed by atoms with Crippen LogP contribution in [0.15, 0.2) is 42.6 Å². The SMILES string of the molecule is N#Cc1ccc(C(=O)NCc2ccc(O)cc2)nc1. The van der Waals surface area contributed by atoms with Crippen molar-refractivity contribution < 1.29 is 9.90 Å². The Bertz CT molecular complexity index is 613. The van der Waals surface area contributed by atoms with Crippen molar-refractivity contribution in [3.8, 4) is 11.8 Å². The number of phenols is 1. The summed E-state index contributed by atoms with van der Waals surface area (Å²) in [6.07, 6.45) is 1.36. The zero-order chi connectivity index (χ0) is 13.7. The third-order valence-electron chi connectivity index (χ3n) is 2.51. The lowest BCUT2D eigenvalue weighted by Gasteiger charge is -2.05. The smallest absolute Gasteiger partial charge is 0.270 e. The van der Waals surface area contributed by atoms with Crippen LogP contribution in [0.4, 0.5) is 0 Å². The Morgan fingerprint density at radius 3 is 2.58 bits per heavy atom. The van der Waals surface area contributed by atoms with E-state index in [1.54, 1.807) is 30.3 Å². The summed E-state index contributed by atoms with van der Waals surface area (Å²) in [4.78, 5) is 15.7. The lowest BCUT2D eigenvalue weighted by Crippen LogP contribution is -2.23. The molecule has 1 aromatic heterocycles. The molecule has 5 heteroatoms. The Hall–Kier alpha value is -2.87. The van der Waals surface area contributed by atoms with Crippen LogP contribution in [-0.4, -0.2) is 16.0 Å². The Morgan fingerprint density at radius 1 is 1.26 bits per heavy atom. The maximum atomic E-state index is 11.8. The van der Waals surface area contributed by atoms with Crippen LogP contribution in [0, 0.1) is 11.3 Å². The zero-order valence-corrected chi connectivity index (χ0v) is 10.00. The van der Waals surface area contributed by atoms with Crippen LogP contribution < -0.4 is 5.32 Å². The number of hydrogen-bond donors (Lipinski definition) is 2. The van der Waals surface area contributed by atoms with Crippen molar-refractivity contribution >= 4 is 5.91 Å². The van der Waals surface area contributed by atoms with Crippen LogP contribution >= 0.6 is 0 Å². The Morgan fingerprint density at radius 2 is 2.00 bits per heavy atom. The number of nitriles is 1. The van der Waals surface area contributed by atoms with Gasteiger partial charge < -0.3 is 10.4 Å². The van der Waals surface area contributed by atoms with E-state index in [1.165, 1.54) is 12.3 Å². The molecule has 0 aliphatic heterocycles. The maximum Gasteiger partial charge on any atom is 0.270 e. The van der Waals surface area contributed by atoms with Crippen molar-refractivity contribution in [2.24, 2.45) is 0 Å².